The molecule has 136 valence electrons. The van der Waals surface area contributed by atoms with Gasteiger partial charge in [-0.1, -0.05) is 11.6 Å². The van der Waals surface area contributed by atoms with Crippen molar-refractivity contribution in [3.05, 3.63) is 40.5 Å². The largest absolute Gasteiger partial charge is 0.437 e. The normalized spacial score (nSPS) is 15.2. The first kappa shape index (κ1) is 17.4. The molecule has 0 spiro atoms. The minimum Gasteiger partial charge on any atom is -0.437 e. The van der Waals surface area contributed by atoms with Crippen molar-refractivity contribution >= 4 is 27.0 Å². The van der Waals surface area contributed by atoms with Gasteiger partial charge in [0.15, 0.2) is 0 Å². The number of pyridine rings is 1. The third-order valence-corrected chi connectivity index (χ3v) is 5.65. The highest BCUT2D eigenvalue weighted by atomic mass is 79.9. The number of aliphatic hydroxyl groups is 1. The lowest BCUT2D eigenvalue weighted by molar-refractivity contribution is 0.0756. The van der Waals surface area contributed by atoms with Gasteiger partial charge in [0.25, 0.3) is 0 Å². The van der Waals surface area contributed by atoms with Gasteiger partial charge >= 0.3 is 0 Å². The lowest BCUT2D eigenvalue weighted by Crippen LogP contribution is -2.18. The Morgan fingerprint density at radius 2 is 2.12 bits per heavy atom. The van der Waals surface area contributed by atoms with Gasteiger partial charge in [-0.2, -0.15) is 0 Å². The van der Waals surface area contributed by atoms with E-state index in [1.807, 2.05) is 22.9 Å². The number of hydrogen-bond donors (Lipinski definition) is 1. The highest BCUT2D eigenvalue weighted by molar-refractivity contribution is 9.10. The van der Waals surface area contributed by atoms with Crippen LogP contribution in [0.5, 0.6) is 11.6 Å². The Labute approximate surface area is 160 Å². The monoisotopic (exact) mass is 416 g/mol. The van der Waals surface area contributed by atoms with Crippen LogP contribution in [0.15, 0.2) is 34.9 Å². The zero-order chi connectivity index (χ0) is 18.3. The summed E-state index contributed by atoms with van der Waals surface area (Å²) in [5.41, 5.74) is 1.33. The fourth-order valence-electron chi connectivity index (χ4n) is 3.16. The zero-order valence-electron chi connectivity index (χ0n) is 14.8. The number of ether oxygens (including phenoxy) is 1. The van der Waals surface area contributed by atoms with Crippen LogP contribution in [0, 0.1) is 5.92 Å². The summed E-state index contributed by atoms with van der Waals surface area (Å²) in [5, 5.41) is 19.0. The van der Waals surface area contributed by atoms with E-state index in [0.29, 0.717) is 23.1 Å². The summed E-state index contributed by atoms with van der Waals surface area (Å²) < 4.78 is 8.71. The van der Waals surface area contributed by atoms with E-state index in [1.165, 1.54) is 19.3 Å². The highest BCUT2D eigenvalue weighted by Gasteiger charge is 2.24. The van der Waals surface area contributed by atoms with E-state index in [1.54, 1.807) is 26.1 Å². The topological polar surface area (TPSA) is 73.1 Å². The van der Waals surface area contributed by atoms with Gasteiger partial charge in [-0.15, -0.1) is 5.10 Å². The van der Waals surface area contributed by atoms with Crippen molar-refractivity contribution in [2.45, 2.75) is 45.3 Å². The molecule has 0 bridgehead atoms. The van der Waals surface area contributed by atoms with Gasteiger partial charge in [0, 0.05) is 18.3 Å². The van der Waals surface area contributed by atoms with Crippen molar-refractivity contribution in [3.8, 4) is 11.6 Å². The van der Waals surface area contributed by atoms with Crippen molar-refractivity contribution in [1.82, 2.24) is 20.0 Å². The number of benzene rings is 1. The molecule has 1 fully saturated rings. The van der Waals surface area contributed by atoms with Gasteiger partial charge in [-0.05, 0) is 72.8 Å². The van der Waals surface area contributed by atoms with Crippen LogP contribution in [-0.4, -0.2) is 25.1 Å². The molecule has 3 aromatic rings. The first-order valence-corrected chi connectivity index (χ1v) is 9.60. The number of aromatic nitrogens is 4. The molecule has 0 unspecified atom stereocenters. The molecule has 0 aliphatic heterocycles. The smallest absolute Gasteiger partial charge is 0.225 e. The number of hydrogen-bond acceptors (Lipinski definition) is 5. The minimum absolute atomic E-state index is 0.377. The first-order chi connectivity index (χ1) is 12.4. The van der Waals surface area contributed by atoms with Gasteiger partial charge in [0.1, 0.15) is 11.3 Å². The molecule has 1 aliphatic carbocycles. The maximum Gasteiger partial charge on any atom is 0.225 e. The molecular formula is C19H21BrN4O2. The van der Waals surface area contributed by atoms with E-state index in [4.69, 9.17) is 4.74 Å². The van der Waals surface area contributed by atoms with E-state index in [2.05, 4.69) is 31.2 Å². The Hall–Kier alpha value is -1.99. The number of rotatable bonds is 5. The molecule has 2 aromatic heterocycles. The second-order valence-corrected chi connectivity index (χ2v) is 8.12. The van der Waals surface area contributed by atoms with Crippen LogP contribution in [0.2, 0.25) is 0 Å². The van der Waals surface area contributed by atoms with Crippen LogP contribution in [0.1, 0.15) is 38.7 Å². The quantitative estimate of drug-likeness (QED) is 0.666. The third-order valence-electron chi connectivity index (χ3n) is 4.88. The molecule has 1 saturated carbocycles. The molecule has 1 N–H and O–H groups in total. The van der Waals surface area contributed by atoms with Crippen LogP contribution in [0.25, 0.3) is 11.0 Å². The summed E-state index contributed by atoms with van der Waals surface area (Å²) in [7, 11) is 0. The summed E-state index contributed by atoms with van der Waals surface area (Å²) >= 11 is 3.59. The molecule has 7 heteroatoms. The molecule has 1 aliphatic rings. The number of fused-ring (bicyclic) bond motifs is 1. The lowest BCUT2D eigenvalue weighted by atomic mass is 9.85. The predicted octanol–water partition coefficient (Wildman–Crippen LogP) is 4.41. The lowest BCUT2D eigenvalue weighted by Gasteiger charge is -2.24. The fraction of sp³-hybridized carbons (Fsp3) is 0.421. The zero-order valence-corrected chi connectivity index (χ0v) is 16.4. The minimum atomic E-state index is -1.05. The van der Waals surface area contributed by atoms with E-state index in [-0.39, 0.29) is 0 Å². The Bertz CT molecular complexity index is 944. The van der Waals surface area contributed by atoms with Gasteiger partial charge in [0.2, 0.25) is 5.88 Å². The van der Waals surface area contributed by atoms with Gasteiger partial charge in [0.05, 0.1) is 15.6 Å². The second-order valence-electron chi connectivity index (χ2n) is 7.33. The maximum absolute atomic E-state index is 10.3. The van der Waals surface area contributed by atoms with Crippen molar-refractivity contribution in [2.75, 3.05) is 0 Å². The maximum atomic E-state index is 10.3. The molecule has 6 nitrogen and oxygen atoms in total. The Morgan fingerprint density at radius 1 is 1.31 bits per heavy atom. The summed E-state index contributed by atoms with van der Waals surface area (Å²) in [5.74, 6) is 1.68. The molecule has 0 radical (unpaired) electrons. The SMILES string of the molecule is CC(C)(O)c1cccnc1Oc1ccc2c(nnn2CC2CCC2)c1Br. The average Bonchev–Trinajstić information content (AvgIpc) is 2.97. The van der Waals surface area contributed by atoms with Crippen molar-refractivity contribution in [1.29, 1.82) is 0 Å². The molecule has 2 heterocycles. The molecule has 4 rings (SSSR count). The number of nitrogens with zero attached hydrogens (tertiary/aromatic N) is 4. The Morgan fingerprint density at radius 3 is 2.81 bits per heavy atom. The van der Waals surface area contributed by atoms with Gasteiger partial charge in [-0.25, -0.2) is 9.67 Å². The average molecular weight is 417 g/mol. The Balaban J connectivity index is 1.67. The van der Waals surface area contributed by atoms with Gasteiger partial charge in [-0.3, -0.25) is 0 Å². The van der Waals surface area contributed by atoms with Crippen LogP contribution in [0.4, 0.5) is 0 Å². The van der Waals surface area contributed by atoms with Crippen molar-refractivity contribution in [3.63, 3.8) is 0 Å². The molecule has 0 saturated heterocycles. The number of halogens is 1. The van der Waals surface area contributed by atoms with E-state index in [9.17, 15) is 5.11 Å². The summed E-state index contributed by atoms with van der Waals surface area (Å²) in [6.07, 6.45) is 5.49. The van der Waals surface area contributed by atoms with Crippen LogP contribution in [-0.2, 0) is 12.1 Å². The summed E-state index contributed by atoms with van der Waals surface area (Å²) in [6, 6.07) is 7.45. The Kier molecular flexibility index (Phi) is 4.44. The fourth-order valence-corrected chi connectivity index (χ4v) is 3.66. The van der Waals surface area contributed by atoms with Crippen LogP contribution < -0.4 is 4.74 Å². The first-order valence-electron chi connectivity index (χ1n) is 8.81. The third kappa shape index (κ3) is 3.21. The van der Waals surface area contributed by atoms with Crippen molar-refractivity contribution < 1.29 is 9.84 Å². The van der Waals surface area contributed by atoms with E-state index < -0.39 is 5.60 Å². The highest BCUT2D eigenvalue weighted by Crippen LogP contribution is 2.37. The standard InChI is InChI=1S/C19H21BrN4O2/c1-19(2,25)13-7-4-10-21-18(13)26-15-9-8-14-17(16(15)20)22-23-24(14)11-12-5-3-6-12/h4,7-10,12,25H,3,5-6,11H2,1-2H3. The molecule has 0 amide bonds. The molecular weight excluding hydrogens is 396 g/mol. The van der Waals surface area contributed by atoms with Crippen molar-refractivity contribution in [2.24, 2.45) is 5.92 Å². The predicted molar refractivity (Wildman–Crippen MR) is 102 cm³/mol. The second kappa shape index (κ2) is 6.63. The van der Waals surface area contributed by atoms with E-state index >= 15 is 0 Å². The van der Waals surface area contributed by atoms with Crippen LogP contribution >= 0.6 is 15.9 Å². The summed E-state index contributed by atoms with van der Waals surface area (Å²) in [6.45, 7) is 4.33. The van der Waals surface area contributed by atoms with Gasteiger partial charge < -0.3 is 9.84 Å². The molecule has 1 aromatic carbocycles. The molecule has 26 heavy (non-hydrogen) atoms. The summed E-state index contributed by atoms with van der Waals surface area (Å²) in [4.78, 5) is 4.28. The van der Waals surface area contributed by atoms with Crippen LogP contribution in [0.3, 0.4) is 0 Å². The molecule has 0 atom stereocenters. The van der Waals surface area contributed by atoms with E-state index in [0.717, 1.165) is 22.1 Å².